The maximum absolute atomic E-state index is 12.5. The van der Waals surface area contributed by atoms with Crippen molar-refractivity contribution in [2.75, 3.05) is 25.9 Å². The van der Waals surface area contributed by atoms with Crippen molar-refractivity contribution in [3.8, 4) is 5.75 Å². The van der Waals surface area contributed by atoms with Gasteiger partial charge < -0.3 is 15.8 Å². The van der Waals surface area contributed by atoms with Crippen molar-refractivity contribution < 1.29 is 17.9 Å². The zero-order valence-corrected chi connectivity index (χ0v) is 12.8. The standard InChI is InChI=1S/C13H19N3O4S/c1-9(17)15-10-5-6-16(8-10)21(18,19)11-3-4-13(20-2)12(14)7-11/h3-4,7,10H,5-6,8,14H2,1-2H3,(H,15,17). The van der Waals surface area contributed by atoms with Gasteiger partial charge in [-0.15, -0.1) is 0 Å². The zero-order chi connectivity index (χ0) is 15.6. The molecule has 1 unspecified atom stereocenters. The van der Waals surface area contributed by atoms with Gasteiger partial charge in [0.05, 0.1) is 17.7 Å². The molecule has 2 rings (SSSR count). The van der Waals surface area contributed by atoms with Gasteiger partial charge in [-0.25, -0.2) is 8.42 Å². The van der Waals surface area contributed by atoms with E-state index in [4.69, 9.17) is 10.5 Å². The summed E-state index contributed by atoms with van der Waals surface area (Å²) in [5, 5.41) is 2.74. The van der Waals surface area contributed by atoms with Crippen LogP contribution in [0.4, 0.5) is 5.69 Å². The number of rotatable bonds is 4. The Morgan fingerprint density at radius 2 is 2.19 bits per heavy atom. The van der Waals surface area contributed by atoms with Crippen LogP contribution in [-0.4, -0.2) is 44.9 Å². The van der Waals surface area contributed by atoms with Gasteiger partial charge in [0.2, 0.25) is 15.9 Å². The second-order valence-electron chi connectivity index (χ2n) is 4.95. The first-order chi connectivity index (χ1) is 9.84. The summed E-state index contributed by atoms with van der Waals surface area (Å²) in [5.41, 5.74) is 6.03. The molecule has 21 heavy (non-hydrogen) atoms. The van der Waals surface area contributed by atoms with Crippen LogP contribution in [0.15, 0.2) is 23.1 Å². The largest absolute Gasteiger partial charge is 0.495 e. The molecule has 1 aliphatic heterocycles. The van der Waals surface area contributed by atoms with E-state index in [2.05, 4.69) is 5.32 Å². The highest BCUT2D eigenvalue weighted by Gasteiger charge is 2.33. The van der Waals surface area contributed by atoms with E-state index in [1.54, 1.807) is 0 Å². The van der Waals surface area contributed by atoms with Gasteiger partial charge in [-0.2, -0.15) is 4.31 Å². The van der Waals surface area contributed by atoms with Gasteiger partial charge in [-0.05, 0) is 24.6 Å². The van der Waals surface area contributed by atoms with Crippen molar-refractivity contribution in [1.29, 1.82) is 0 Å². The third-order valence-corrected chi connectivity index (χ3v) is 5.26. The molecule has 1 aromatic carbocycles. The summed E-state index contributed by atoms with van der Waals surface area (Å²) in [6.07, 6.45) is 0.602. The van der Waals surface area contributed by atoms with Gasteiger partial charge in [0.25, 0.3) is 0 Å². The van der Waals surface area contributed by atoms with Crippen LogP contribution in [0.1, 0.15) is 13.3 Å². The molecule has 3 N–H and O–H groups in total. The van der Waals surface area contributed by atoms with Crippen molar-refractivity contribution in [3.63, 3.8) is 0 Å². The third-order valence-electron chi connectivity index (χ3n) is 3.40. The number of anilines is 1. The van der Waals surface area contributed by atoms with Crippen LogP contribution in [-0.2, 0) is 14.8 Å². The summed E-state index contributed by atoms with van der Waals surface area (Å²) in [6, 6.07) is 4.24. The van der Waals surface area contributed by atoms with E-state index in [1.807, 2.05) is 0 Å². The minimum atomic E-state index is -3.61. The molecule has 8 heteroatoms. The maximum Gasteiger partial charge on any atom is 0.243 e. The van der Waals surface area contributed by atoms with E-state index >= 15 is 0 Å². The van der Waals surface area contributed by atoms with Crippen molar-refractivity contribution in [1.82, 2.24) is 9.62 Å². The fourth-order valence-electron chi connectivity index (χ4n) is 2.37. The Kier molecular flexibility index (Phi) is 4.38. The van der Waals surface area contributed by atoms with Crippen molar-refractivity contribution in [2.45, 2.75) is 24.3 Å². The SMILES string of the molecule is COc1ccc(S(=O)(=O)N2CCC(NC(C)=O)C2)cc1N. The van der Waals surface area contributed by atoms with Gasteiger partial charge in [0.15, 0.2) is 0 Å². The Morgan fingerprint density at radius 3 is 2.76 bits per heavy atom. The Labute approximate surface area is 124 Å². The number of hydrogen-bond acceptors (Lipinski definition) is 5. The first kappa shape index (κ1) is 15.6. The number of methoxy groups -OCH3 is 1. The number of hydrogen-bond donors (Lipinski definition) is 2. The molecule has 1 saturated heterocycles. The summed E-state index contributed by atoms with van der Waals surface area (Å²) < 4.78 is 31.4. The average Bonchev–Trinajstić information content (AvgIpc) is 2.87. The number of carbonyl (C=O) groups is 1. The molecular weight excluding hydrogens is 294 g/mol. The monoisotopic (exact) mass is 313 g/mol. The van der Waals surface area contributed by atoms with Crippen LogP contribution in [0.3, 0.4) is 0 Å². The first-order valence-corrected chi connectivity index (χ1v) is 7.99. The lowest BCUT2D eigenvalue weighted by Gasteiger charge is -2.17. The number of nitrogen functional groups attached to an aromatic ring is 1. The molecule has 116 valence electrons. The number of benzene rings is 1. The summed E-state index contributed by atoms with van der Waals surface area (Å²) in [5.74, 6) is 0.277. The molecule has 1 heterocycles. The quantitative estimate of drug-likeness (QED) is 0.772. The molecule has 1 amide bonds. The molecule has 0 saturated carbocycles. The smallest absolute Gasteiger partial charge is 0.243 e. The lowest BCUT2D eigenvalue weighted by Crippen LogP contribution is -2.37. The second-order valence-corrected chi connectivity index (χ2v) is 6.89. The molecular formula is C13H19N3O4S. The summed E-state index contributed by atoms with van der Waals surface area (Å²) in [4.78, 5) is 11.2. The molecule has 0 spiro atoms. The Morgan fingerprint density at radius 1 is 1.48 bits per heavy atom. The van der Waals surface area contributed by atoms with E-state index in [1.165, 1.54) is 36.5 Å². The average molecular weight is 313 g/mol. The fraction of sp³-hybridized carbons (Fsp3) is 0.462. The highest BCUT2D eigenvalue weighted by atomic mass is 32.2. The van der Waals surface area contributed by atoms with Crippen LogP contribution < -0.4 is 15.8 Å². The predicted molar refractivity (Wildman–Crippen MR) is 78.4 cm³/mol. The predicted octanol–water partition coefficient (Wildman–Crippen LogP) is 0.177. The number of nitrogens with two attached hydrogens (primary N) is 1. The second kappa shape index (κ2) is 5.90. The minimum absolute atomic E-state index is 0.129. The summed E-state index contributed by atoms with van der Waals surface area (Å²) >= 11 is 0. The van der Waals surface area contributed by atoms with E-state index < -0.39 is 10.0 Å². The van der Waals surface area contributed by atoms with E-state index in [9.17, 15) is 13.2 Å². The molecule has 1 aromatic rings. The van der Waals surface area contributed by atoms with Crippen LogP contribution in [0.25, 0.3) is 0 Å². The van der Waals surface area contributed by atoms with Crippen molar-refractivity contribution >= 4 is 21.6 Å². The summed E-state index contributed by atoms with van der Waals surface area (Å²) in [6.45, 7) is 2.06. The highest BCUT2D eigenvalue weighted by molar-refractivity contribution is 7.89. The van der Waals surface area contributed by atoms with Crippen LogP contribution in [0.2, 0.25) is 0 Å². The highest BCUT2D eigenvalue weighted by Crippen LogP contribution is 2.27. The van der Waals surface area contributed by atoms with Crippen LogP contribution >= 0.6 is 0 Å². The fourth-order valence-corrected chi connectivity index (χ4v) is 3.91. The summed E-state index contributed by atoms with van der Waals surface area (Å²) in [7, 11) is -2.14. The first-order valence-electron chi connectivity index (χ1n) is 6.55. The number of carbonyl (C=O) groups excluding carboxylic acids is 1. The molecule has 0 bridgehead atoms. The van der Waals surface area contributed by atoms with Crippen LogP contribution in [0, 0.1) is 0 Å². The molecule has 7 nitrogen and oxygen atoms in total. The third kappa shape index (κ3) is 3.27. The van der Waals surface area contributed by atoms with Gasteiger partial charge in [0, 0.05) is 26.1 Å². The van der Waals surface area contributed by atoms with E-state index in [-0.39, 0.29) is 29.1 Å². The Bertz CT molecular complexity index is 645. The molecule has 1 atom stereocenters. The van der Waals surface area contributed by atoms with Gasteiger partial charge >= 0.3 is 0 Å². The van der Waals surface area contributed by atoms with Crippen molar-refractivity contribution in [3.05, 3.63) is 18.2 Å². The molecule has 0 aliphatic carbocycles. The molecule has 0 radical (unpaired) electrons. The number of ether oxygens (including phenoxy) is 1. The Hall–Kier alpha value is -1.80. The molecule has 1 aliphatic rings. The Balaban J connectivity index is 2.19. The normalized spacial score (nSPS) is 19.4. The number of nitrogens with one attached hydrogen (secondary N) is 1. The number of nitrogens with zero attached hydrogens (tertiary/aromatic N) is 1. The van der Waals surface area contributed by atoms with Gasteiger partial charge in [-0.1, -0.05) is 0 Å². The van der Waals surface area contributed by atoms with E-state index in [0.29, 0.717) is 18.7 Å². The number of amides is 1. The lowest BCUT2D eigenvalue weighted by atomic mass is 10.3. The molecule has 1 fully saturated rings. The lowest BCUT2D eigenvalue weighted by molar-refractivity contribution is -0.119. The van der Waals surface area contributed by atoms with Gasteiger partial charge in [0.1, 0.15) is 5.75 Å². The molecule has 0 aromatic heterocycles. The van der Waals surface area contributed by atoms with E-state index in [0.717, 1.165) is 0 Å². The zero-order valence-electron chi connectivity index (χ0n) is 12.0. The maximum atomic E-state index is 12.5. The topological polar surface area (TPSA) is 102 Å². The van der Waals surface area contributed by atoms with Crippen molar-refractivity contribution in [2.24, 2.45) is 0 Å². The minimum Gasteiger partial charge on any atom is -0.495 e. The number of sulfonamides is 1. The van der Waals surface area contributed by atoms with Gasteiger partial charge in [-0.3, -0.25) is 4.79 Å². The van der Waals surface area contributed by atoms with Crippen LogP contribution in [0.5, 0.6) is 5.75 Å².